The van der Waals surface area contributed by atoms with E-state index in [0.717, 1.165) is 0 Å². The molecule has 5 nitrogen and oxygen atoms in total. The molecule has 0 fully saturated rings. The van der Waals surface area contributed by atoms with Gasteiger partial charge in [-0.15, -0.1) is 10.2 Å². The fraction of sp³-hybridized carbons (Fsp3) is 0.667. The van der Waals surface area contributed by atoms with Gasteiger partial charge in [-0.2, -0.15) is 0 Å². The zero-order chi connectivity index (χ0) is 10.6. The lowest BCUT2D eigenvalue weighted by Crippen LogP contribution is -2.05. The number of aryl methyl sites for hydroxylation is 1. The maximum atomic E-state index is 10.5. The average Bonchev–Trinajstić information content (AvgIpc) is 2.62. The van der Waals surface area contributed by atoms with Crippen molar-refractivity contribution in [2.45, 2.75) is 39.0 Å². The van der Waals surface area contributed by atoms with Crippen molar-refractivity contribution in [3.05, 3.63) is 11.8 Å². The number of aromatic nitrogens is 2. The van der Waals surface area contributed by atoms with Gasteiger partial charge in [0, 0.05) is 12.3 Å². The minimum absolute atomic E-state index is 0.0435. The Morgan fingerprint density at radius 2 is 2.21 bits per heavy atom. The molecule has 0 aromatic carbocycles. The van der Waals surface area contributed by atoms with E-state index in [0.29, 0.717) is 24.6 Å². The molecule has 1 rings (SSSR count). The van der Waals surface area contributed by atoms with Crippen LogP contribution in [0, 0.1) is 0 Å². The Morgan fingerprint density at radius 1 is 1.50 bits per heavy atom. The maximum absolute atomic E-state index is 10.5. The van der Waals surface area contributed by atoms with Crippen LogP contribution < -0.4 is 0 Å². The van der Waals surface area contributed by atoms with Crippen molar-refractivity contribution in [3.63, 3.8) is 0 Å². The Hall–Kier alpha value is -1.39. The second-order valence-electron chi connectivity index (χ2n) is 3.09. The lowest BCUT2D eigenvalue weighted by molar-refractivity contribution is -0.137. The molecule has 0 spiro atoms. The van der Waals surface area contributed by atoms with Gasteiger partial charge in [0.15, 0.2) is 0 Å². The van der Waals surface area contributed by atoms with Crippen LogP contribution in [0.4, 0.5) is 0 Å². The summed E-state index contributed by atoms with van der Waals surface area (Å²) in [5.74, 6) is -0.0102. The van der Waals surface area contributed by atoms with Crippen LogP contribution in [0.15, 0.2) is 4.42 Å². The van der Waals surface area contributed by atoms with Crippen molar-refractivity contribution < 1.29 is 14.3 Å². The minimum atomic E-state index is -0.840. The van der Waals surface area contributed by atoms with E-state index < -0.39 is 5.97 Å². The second kappa shape index (κ2) is 4.74. The standard InChI is InChI=1S/C9H14N2O3/c1-3-6(5-8(12)13)9-11-10-7(4-2)14-9/h6H,3-5H2,1-2H3,(H,12,13). The Balaban J connectivity index is 2.73. The van der Waals surface area contributed by atoms with Crippen LogP contribution in [0.5, 0.6) is 0 Å². The first-order valence-electron chi connectivity index (χ1n) is 4.71. The second-order valence-corrected chi connectivity index (χ2v) is 3.09. The highest BCUT2D eigenvalue weighted by Gasteiger charge is 2.19. The number of carbonyl (C=O) groups is 1. The van der Waals surface area contributed by atoms with E-state index >= 15 is 0 Å². The van der Waals surface area contributed by atoms with Gasteiger partial charge >= 0.3 is 5.97 Å². The molecule has 0 bridgehead atoms. The van der Waals surface area contributed by atoms with E-state index in [4.69, 9.17) is 9.52 Å². The molecular formula is C9H14N2O3. The summed E-state index contributed by atoms with van der Waals surface area (Å²) in [6, 6.07) is 0. The molecule has 0 saturated carbocycles. The lowest BCUT2D eigenvalue weighted by atomic mass is 10.0. The third-order valence-corrected chi connectivity index (χ3v) is 2.05. The van der Waals surface area contributed by atoms with Gasteiger partial charge in [-0.3, -0.25) is 4.79 Å². The SMILES string of the molecule is CCc1nnc(C(CC)CC(=O)O)o1. The van der Waals surface area contributed by atoms with E-state index in [9.17, 15) is 4.79 Å². The average molecular weight is 198 g/mol. The molecule has 1 aromatic heterocycles. The number of nitrogens with zero attached hydrogens (tertiary/aromatic N) is 2. The first-order valence-corrected chi connectivity index (χ1v) is 4.71. The quantitative estimate of drug-likeness (QED) is 0.777. The largest absolute Gasteiger partial charge is 0.481 e. The predicted octanol–water partition coefficient (Wildman–Crippen LogP) is 1.60. The summed E-state index contributed by atoms with van der Waals surface area (Å²) >= 11 is 0. The van der Waals surface area contributed by atoms with Crippen LogP contribution in [0.2, 0.25) is 0 Å². The highest BCUT2D eigenvalue weighted by atomic mass is 16.4. The van der Waals surface area contributed by atoms with Crippen LogP contribution in [-0.2, 0) is 11.2 Å². The number of aliphatic carboxylic acids is 1. The van der Waals surface area contributed by atoms with Gasteiger partial charge in [0.1, 0.15) is 0 Å². The summed E-state index contributed by atoms with van der Waals surface area (Å²) < 4.78 is 5.30. The highest BCUT2D eigenvalue weighted by molar-refractivity contribution is 5.67. The predicted molar refractivity (Wildman–Crippen MR) is 49.0 cm³/mol. The van der Waals surface area contributed by atoms with E-state index in [1.807, 2.05) is 13.8 Å². The number of carboxylic acids is 1. The van der Waals surface area contributed by atoms with Crippen LogP contribution in [0.3, 0.4) is 0 Å². The monoisotopic (exact) mass is 198 g/mol. The minimum Gasteiger partial charge on any atom is -0.481 e. The Labute approximate surface area is 82.1 Å². The first-order chi connectivity index (χ1) is 6.67. The zero-order valence-electron chi connectivity index (χ0n) is 8.36. The molecular weight excluding hydrogens is 184 g/mol. The molecule has 1 unspecified atom stereocenters. The highest BCUT2D eigenvalue weighted by Crippen LogP contribution is 2.21. The normalized spacial score (nSPS) is 12.7. The Bertz CT molecular complexity index is 309. The molecule has 78 valence electrons. The van der Waals surface area contributed by atoms with Gasteiger partial charge in [0.05, 0.1) is 6.42 Å². The number of carboxylic acid groups (broad SMARTS) is 1. The molecule has 0 aliphatic heterocycles. The Morgan fingerprint density at radius 3 is 2.64 bits per heavy atom. The molecule has 0 amide bonds. The third kappa shape index (κ3) is 2.55. The maximum Gasteiger partial charge on any atom is 0.304 e. The van der Waals surface area contributed by atoms with E-state index in [1.165, 1.54) is 0 Å². The van der Waals surface area contributed by atoms with Gasteiger partial charge in [-0.25, -0.2) is 0 Å². The molecule has 14 heavy (non-hydrogen) atoms. The molecule has 1 heterocycles. The lowest BCUT2D eigenvalue weighted by Gasteiger charge is -2.05. The zero-order valence-corrected chi connectivity index (χ0v) is 8.36. The number of hydrogen-bond acceptors (Lipinski definition) is 4. The third-order valence-electron chi connectivity index (χ3n) is 2.05. The molecule has 5 heteroatoms. The smallest absolute Gasteiger partial charge is 0.304 e. The van der Waals surface area contributed by atoms with Crippen molar-refractivity contribution in [3.8, 4) is 0 Å². The first kappa shape index (κ1) is 10.7. The molecule has 0 radical (unpaired) electrons. The molecule has 0 aliphatic rings. The van der Waals surface area contributed by atoms with Crippen molar-refractivity contribution in [2.75, 3.05) is 0 Å². The van der Waals surface area contributed by atoms with Crippen LogP contribution >= 0.6 is 0 Å². The topological polar surface area (TPSA) is 76.2 Å². The molecule has 1 aromatic rings. The molecule has 0 saturated heterocycles. The molecule has 1 atom stereocenters. The van der Waals surface area contributed by atoms with E-state index in [2.05, 4.69) is 10.2 Å². The summed E-state index contributed by atoms with van der Waals surface area (Å²) in [4.78, 5) is 10.5. The van der Waals surface area contributed by atoms with Gasteiger partial charge in [0.2, 0.25) is 11.8 Å². The molecule has 1 N–H and O–H groups in total. The van der Waals surface area contributed by atoms with E-state index in [1.54, 1.807) is 0 Å². The van der Waals surface area contributed by atoms with Crippen LogP contribution in [0.25, 0.3) is 0 Å². The van der Waals surface area contributed by atoms with Gasteiger partial charge in [-0.1, -0.05) is 13.8 Å². The number of rotatable bonds is 5. The fourth-order valence-electron chi connectivity index (χ4n) is 1.19. The van der Waals surface area contributed by atoms with Gasteiger partial charge in [0.25, 0.3) is 0 Å². The fourth-order valence-corrected chi connectivity index (χ4v) is 1.19. The van der Waals surface area contributed by atoms with Crippen LogP contribution in [0.1, 0.15) is 44.4 Å². The summed E-state index contributed by atoms with van der Waals surface area (Å²) in [5, 5.41) is 16.3. The van der Waals surface area contributed by atoms with Crippen molar-refractivity contribution >= 4 is 5.97 Å². The van der Waals surface area contributed by atoms with Crippen molar-refractivity contribution in [1.29, 1.82) is 0 Å². The van der Waals surface area contributed by atoms with Crippen molar-refractivity contribution in [1.82, 2.24) is 10.2 Å². The summed E-state index contributed by atoms with van der Waals surface area (Å²) in [6.07, 6.45) is 1.41. The number of hydrogen-bond donors (Lipinski definition) is 1. The van der Waals surface area contributed by atoms with Gasteiger partial charge in [-0.05, 0) is 6.42 Å². The Kier molecular flexibility index (Phi) is 3.62. The van der Waals surface area contributed by atoms with Crippen LogP contribution in [-0.4, -0.2) is 21.3 Å². The van der Waals surface area contributed by atoms with Gasteiger partial charge < -0.3 is 9.52 Å². The molecule has 0 aliphatic carbocycles. The summed E-state index contributed by atoms with van der Waals surface area (Å²) in [7, 11) is 0. The van der Waals surface area contributed by atoms with Crippen molar-refractivity contribution in [2.24, 2.45) is 0 Å². The van der Waals surface area contributed by atoms with E-state index in [-0.39, 0.29) is 12.3 Å². The summed E-state index contributed by atoms with van der Waals surface area (Å²) in [6.45, 7) is 3.82. The summed E-state index contributed by atoms with van der Waals surface area (Å²) in [5.41, 5.74) is 0.